The van der Waals surface area contributed by atoms with Crippen LogP contribution in [0.3, 0.4) is 0 Å². The van der Waals surface area contributed by atoms with Gasteiger partial charge >= 0.3 is 6.01 Å². The molecular formula is C12H16N4O2. The van der Waals surface area contributed by atoms with Crippen molar-refractivity contribution < 1.29 is 9.26 Å². The van der Waals surface area contributed by atoms with Crippen LogP contribution in [0.5, 0.6) is 5.88 Å². The van der Waals surface area contributed by atoms with E-state index in [1.807, 2.05) is 26.0 Å². The Balaban J connectivity index is 1.97. The highest BCUT2D eigenvalue weighted by atomic mass is 16.5. The largest absolute Gasteiger partial charge is 0.481 e. The average molecular weight is 248 g/mol. The van der Waals surface area contributed by atoms with Crippen LogP contribution < -0.4 is 10.1 Å². The third-order valence-electron chi connectivity index (χ3n) is 2.41. The van der Waals surface area contributed by atoms with Gasteiger partial charge in [0.05, 0.1) is 7.11 Å². The van der Waals surface area contributed by atoms with Gasteiger partial charge in [-0.1, -0.05) is 19.0 Å². The maximum atomic E-state index is 5.09. The number of rotatable bonds is 5. The lowest BCUT2D eigenvalue weighted by Crippen LogP contribution is -2.01. The Bertz CT molecular complexity index is 510. The van der Waals surface area contributed by atoms with Crippen LogP contribution in [-0.4, -0.2) is 22.2 Å². The minimum atomic E-state index is 0.255. The Morgan fingerprint density at radius 3 is 2.94 bits per heavy atom. The van der Waals surface area contributed by atoms with Gasteiger partial charge in [0.15, 0.2) is 5.82 Å². The van der Waals surface area contributed by atoms with Gasteiger partial charge in [0, 0.05) is 24.7 Å². The van der Waals surface area contributed by atoms with Crippen LogP contribution in [-0.2, 0) is 6.54 Å². The van der Waals surface area contributed by atoms with Gasteiger partial charge < -0.3 is 14.6 Å². The third kappa shape index (κ3) is 2.97. The van der Waals surface area contributed by atoms with Gasteiger partial charge in [0.1, 0.15) is 0 Å². The number of aromatic nitrogens is 3. The first-order valence-electron chi connectivity index (χ1n) is 5.75. The van der Waals surface area contributed by atoms with E-state index in [0.717, 1.165) is 5.56 Å². The fraction of sp³-hybridized carbons (Fsp3) is 0.417. The van der Waals surface area contributed by atoms with Crippen LogP contribution in [0.25, 0.3) is 0 Å². The lowest BCUT2D eigenvalue weighted by Gasteiger charge is -2.03. The molecule has 0 amide bonds. The molecule has 6 nitrogen and oxygen atoms in total. The molecule has 2 rings (SSSR count). The monoisotopic (exact) mass is 248 g/mol. The molecule has 0 fully saturated rings. The Morgan fingerprint density at radius 2 is 2.28 bits per heavy atom. The summed E-state index contributed by atoms with van der Waals surface area (Å²) >= 11 is 0. The van der Waals surface area contributed by atoms with Crippen molar-refractivity contribution in [3.8, 4) is 5.88 Å². The molecule has 2 heterocycles. The predicted molar refractivity (Wildman–Crippen MR) is 66.5 cm³/mol. The van der Waals surface area contributed by atoms with Crippen LogP contribution in [0, 0.1) is 0 Å². The number of ether oxygens (including phenoxy) is 1. The van der Waals surface area contributed by atoms with E-state index < -0.39 is 0 Å². The summed E-state index contributed by atoms with van der Waals surface area (Å²) in [7, 11) is 1.59. The quantitative estimate of drug-likeness (QED) is 0.874. The Kier molecular flexibility index (Phi) is 3.76. The van der Waals surface area contributed by atoms with E-state index >= 15 is 0 Å². The molecule has 0 unspecified atom stereocenters. The average Bonchev–Trinajstić information content (AvgIpc) is 2.85. The fourth-order valence-electron chi connectivity index (χ4n) is 1.39. The van der Waals surface area contributed by atoms with Crippen LogP contribution in [0.4, 0.5) is 6.01 Å². The van der Waals surface area contributed by atoms with E-state index in [1.165, 1.54) is 0 Å². The zero-order chi connectivity index (χ0) is 13.0. The predicted octanol–water partition coefficient (Wildman–Crippen LogP) is 2.21. The molecule has 18 heavy (non-hydrogen) atoms. The Hall–Kier alpha value is -2.11. The van der Waals surface area contributed by atoms with Crippen molar-refractivity contribution >= 4 is 6.01 Å². The van der Waals surface area contributed by atoms with Gasteiger partial charge in [-0.2, -0.15) is 4.98 Å². The summed E-state index contributed by atoms with van der Waals surface area (Å²) in [5.74, 6) is 1.54. The highest BCUT2D eigenvalue weighted by Gasteiger charge is 2.09. The van der Waals surface area contributed by atoms with Gasteiger partial charge in [-0.25, -0.2) is 4.98 Å². The first kappa shape index (κ1) is 12.3. The highest BCUT2D eigenvalue weighted by molar-refractivity contribution is 5.26. The van der Waals surface area contributed by atoms with Crippen LogP contribution in [0.2, 0.25) is 0 Å². The van der Waals surface area contributed by atoms with E-state index in [2.05, 4.69) is 20.4 Å². The number of nitrogens with zero attached hydrogens (tertiary/aromatic N) is 3. The van der Waals surface area contributed by atoms with Crippen molar-refractivity contribution in [2.45, 2.75) is 26.3 Å². The van der Waals surface area contributed by atoms with E-state index in [4.69, 9.17) is 9.26 Å². The summed E-state index contributed by atoms with van der Waals surface area (Å²) in [5, 5.41) is 6.94. The smallest absolute Gasteiger partial charge is 0.321 e. The fourth-order valence-corrected chi connectivity index (χ4v) is 1.39. The van der Waals surface area contributed by atoms with Crippen molar-refractivity contribution in [1.82, 2.24) is 15.1 Å². The molecule has 2 aromatic heterocycles. The maximum Gasteiger partial charge on any atom is 0.321 e. The standard InChI is InChI=1S/C12H16N4O2/c1-8(2)11-15-12(18-16-11)14-7-9-4-5-13-10(6-9)17-3/h4-6,8H,7H2,1-3H3,(H,14,15,16). The van der Waals surface area contributed by atoms with Gasteiger partial charge in [-0.3, -0.25) is 0 Å². The number of nitrogens with one attached hydrogen (secondary N) is 1. The molecule has 0 saturated heterocycles. The van der Waals surface area contributed by atoms with Gasteiger partial charge in [-0.15, -0.1) is 0 Å². The molecule has 96 valence electrons. The van der Waals surface area contributed by atoms with Crippen LogP contribution in [0.15, 0.2) is 22.9 Å². The number of hydrogen-bond acceptors (Lipinski definition) is 6. The first-order valence-corrected chi connectivity index (χ1v) is 5.75. The summed E-state index contributed by atoms with van der Waals surface area (Å²) in [6, 6.07) is 4.18. The zero-order valence-electron chi connectivity index (χ0n) is 10.7. The zero-order valence-corrected chi connectivity index (χ0v) is 10.7. The molecule has 0 aliphatic carbocycles. The number of anilines is 1. The lowest BCUT2D eigenvalue weighted by molar-refractivity contribution is 0.397. The highest BCUT2D eigenvalue weighted by Crippen LogP contribution is 2.14. The van der Waals surface area contributed by atoms with Crippen molar-refractivity contribution in [2.75, 3.05) is 12.4 Å². The molecule has 0 aromatic carbocycles. The Morgan fingerprint density at radius 1 is 1.44 bits per heavy atom. The molecule has 0 bridgehead atoms. The molecule has 0 aliphatic rings. The lowest BCUT2D eigenvalue weighted by atomic mass is 10.2. The van der Waals surface area contributed by atoms with Crippen molar-refractivity contribution in [2.24, 2.45) is 0 Å². The SMILES string of the molecule is COc1cc(CNc2nc(C(C)C)no2)ccn1. The topological polar surface area (TPSA) is 73.1 Å². The van der Waals surface area contributed by atoms with E-state index in [0.29, 0.717) is 24.3 Å². The van der Waals surface area contributed by atoms with E-state index in [9.17, 15) is 0 Å². The number of hydrogen-bond donors (Lipinski definition) is 1. The molecule has 0 atom stereocenters. The third-order valence-corrected chi connectivity index (χ3v) is 2.41. The summed E-state index contributed by atoms with van der Waals surface area (Å²) in [5.41, 5.74) is 1.03. The van der Waals surface area contributed by atoms with Gasteiger partial charge in [-0.05, 0) is 11.6 Å². The normalized spacial score (nSPS) is 10.7. The summed E-state index contributed by atoms with van der Waals surface area (Å²) in [6.45, 7) is 4.61. The summed E-state index contributed by atoms with van der Waals surface area (Å²) in [4.78, 5) is 8.27. The summed E-state index contributed by atoms with van der Waals surface area (Å²) < 4.78 is 10.1. The minimum absolute atomic E-state index is 0.255. The van der Waals surface area contributed by atoms with Gasteiger partial charge in [0.25, 0.3) is 0 Å². The first-order chi connectivity index (χ1) is 8.69. The molecule has 0 radical (unpaired) electrons. The molecule has 0 aliphatic heterocycles. The molecule has 0 saturated carbocycles. The molecule has 2 aromatic rings. The van der Waals surface area contributed by atoms with E-state index in [1.54, 1.807) is 13.3 Å². The molecule has 0 spiro atoms. The number of pyridine rings is 1. The minimum Gasteiger partial charge on any atom is -0.481 e. The molecule has 1 N–H and O–H groups in total. The Labute approximate surface area is 105 Å². The number of methoxy groups -OCH3 is 1. The van der Waals surface area contributed by atoms with Crippen molar-refractivity contribution in [3.63, 3.8) is 0 Å². The molecule has 6 heteroatoms. The maximum absolute atomic E-state index is 5.09. The summed E-state index contributed by atoms with van der Waals surface area (Å²) in [6.07, 6.45) is 1.70. The van der Waals surface area contributed by atoms with Gasteiger partial charge in [0.2, 0.25) is 5.88 Å². The van der Waals surface area contributed by atoms with Crippen molar-refractivity contribution in [1.29, 1.82) is 0 Å². The molecular weight excluding hydrogens is 232 g/mol. The second kappa shape index (κ2) is 5.48. The van der Waals surface area contributed by atoms with Crippen LogP contribution >= 0.6 is 0 Å². The second-order valence-corrected chi connectivity index (χ2v) is 4.17. The second-order valence-electron chi connectivity index (χ2n) is 4.17. The van der Waals surface area contributed by atoms with Crippen LogP contribution in [0.1, 0.15) is 31.2 Å². The van der Waals surface area contributed by atoms with E-state index in [-0.39, 0.29) is 5.92 Å². The van der Waals surface area contributed by atoms with Crippen molar-refractivity contribution in [3.05, 3.63) is 29.7 Å².